The summed E-state index contributed by atoms with van der Waals surface area (Å²) in [6.45, 7) is 5.73. The molecule has 2 unspecified atom stereocenters. The zero-order valence-corrected chi connectivity index (χ0v) is 11.4. The summed E-state index contributed by atoms with van der Waals surface area (Å²) < 4.78 is 0. The molecule has 1 rings (SSSR count). The largest absolute Gasteiger partial charge is 0.329 e. The van der Waals surface area contributed by atoms with Gasteiger partial charge in [0, 0.05) is 25.6 Å². The maximum atomic E-state index is 5.82. The van der Waals surface area contributed by atoms with Crippen LogP contribution >= 0.6 is 0 Å². The fraction of sp³-hybridized carbons (Fsp3) is 0.500. The molecule has 0 amide bonds. The molecular formula is C16H24N2. The highest BCUT2D eigenvalue weighted by Gasteiger charge is 2.12. The second-order valence-electron chi connectivity index (χ2n) is 4.61. The lowest BCUT2D eigenvalue weighted by molar-refractivity contribution is 0.462. The van der Waals surface area contributed by atoms with Crippen LogP contribution in [-0.2, 0) is 0 Å². The molecule has 0 bridgehead atoms. The maximum absolute atomic E-state index is 5.82. The lowest BCUT2D eigenvalue weighted by Gasteiger charge is -2.21. The van der Waals surface area contributed by atoms with E-state index in [-0.39, 0.29) is 0 Å². The van der Waals surface area contributed by atoms with Crippen LogP contribution in [-0.4, -0.2) is 19.1 Å². The fourth-order valence-electron chi connectivity index (χ4n) is 2.07. The van der Waals surface area contributed by atoms with Crippen molar-refractivity contribution >= 4 is 0 Å². The van der Waals surface area contributed by atoms with Crippen LogP contribution in [0.5, 0.6) is 0 Å². The Morgan fingerprint density at radius 2 is 2.00 bits per heavy atom. The molecule has 0 heterocycles. The minimum absolute atomic E-state index is 0.374. The molecule has 1 aromatic rings. The Labute approximate surface area is 111 Å². The third kappa shape index (κ3) is 5.35. The van der Waals surface area contributed by atoms with Crippen LogP contribution in [0, 0.1) is 11.8 Å². The SMILES string of the molecule is CC#CCCNC(CN)CC(C)c1ccccc1. The molecule has 98 valence electrons. The Kier molecular flexibility index (Phi) is 7.17. The molecule has 0 aliphatic rings. The van der Waals surface area contributed by atoms with Crippen LogP contribution in [0.3, 0.4) is 0 Å². The number of hydrogen-bond donors (Lipinski definition) is 2. The molecule has 0 aliphatic carbocycles. The van der Waals surface area contributed by atoms with E-state index in [0.29, 0.717) is 18.5 Å². The van der Waals surface area contributed by atoms with Crippen molar-refractivity contribution in [2.75, 3.05) is 13.1 Å². The molecule has 1 aromatic carbocycles. The number of nitrogens with one attached hydrogen (secondary N) is 1. The standard InChI is InChI=1S/C16H24N2/c1-3-4-8-11-18-16(13-17)12-14(2)15-9-6-5-7-10-15/h5-7,9-10,14,16,18H,8,11-13,17H2,1-2H3. The summed E-state index contributed by atoms with van der Waals surface area (Å²) in [5.41, 5.74) is 7.20. The molecule has 2 heteroatoms. The minimum atomic E-state index is 0.374. The van der Waals surface area contributed by atoms with E-state index in [2.05, 4.69) is 54.4 Å². The smallest absolute Gasteiger partial charge is 0.0214 e. The molecular weight excluding hydrogens is 220 g/mol. The highest BCUT2D eigenvalue weighted by molar-refractivity contribution is 5.18. The molecule has 0 saturated heterocycles. The molecule has 3 N–H and O–H groups in total. The van der Waals surface area contributed by atoms with Gasteiger partial charge < -0.3 is 11.1 Å². The van der Waals surface area contributed by atoms with E-state index in [9.17, 15) is 0 Å². The van der Waals surface area contributed by atoms with E-state index in [0.717, 1.165) is 19.4 Å². The molecule has 0 saturated carbocycles. The molecule has 0 radical (unpaired) electrons. The number of nitrogens with two attached hydrogens (primary N) is 1. The van der Waals surface area contributed by atoms with E-state index in [1.807, 2.05) is 6.92 Å². The van der Waals surface area contributed by atoms with Gasteiger partial charge >= 0.3 is 0 Å². The normalized spacial score (nSPS) is 13.5. The fourth-order valence-corrected chi connectivity index (χ4v) is 2.07. The third-order valence-electron chi connectivity index (χ3n) is 3.15. The summed E-state index contributed by atoms with van der Waals surface area (Å²) in [6, 6.07) is 11.0. The second kappa shape index (κ2) is 8.74. The first-order valence-corrected chi connectivity index (χ1v) is 6.66. The van der Waals surface area contributed by atoms with Crippen molar-refractivity contribution < 1.29 is 0 Å². The van der Waals surface area contributed by atoms with Gasteiger partial charge in [0.05, 0.1) is 0 Å². The zero-order chi connectivity index (χ0) is 13.2. The van der Waals surface area contributed by atoms with Gasteiger partial charge in [0.15, 0.2) is 0 Å². The first-order chi connectivity index (χ1) is 8.77. The Morgan fingerprint density at radius 3 is 2.61 bits per heavy atom. The molecule has 0 aromatic heterocycles. The van der Waals surface area contributed by atoms with Crippen molar-refractivity contribution in [3.05, 3.63) is 35.9 Å². The second-order valence-corrected chi connectivity index (χ2v) is 4.61. The summed E-state index contributed by atoms with van der Waals surface area (Å²) in [6.07, 6.45) is 1.97. The highest BCUT2D eigenvalue weighted by atomic mass is 14.9. The molecule has 18 heavy (non-hydrogen) atoms. The van der Waals surface area contributed by atoms with Crippen molar-refractivity contribution in [2.24, 2.45) is 5.73 Å². The van der Waals surface area contributed by atoms with Crippen molar-refractivity contribution in [3.63, 3.8) is 0 Å². The van der Waals surface area contributed by atoms with Crippen molar-refractivity contribution in [3.8, 4) is 11.8 Å². The van der Waals surface area contributed by atoms with Crippen LogP contribution in [0.1, 0.15) is 38.2 Å². The van der Waals surface area contributed by atoms with Gasteiger partial charge in [-0.25, -0.2) is 0 Å². The predicted octanol–water partition coefficient (Wildman–Crippen LogP) is 2.51. The van der Waals surface area contributed by atoms with Crippen molar-refractivity contribution in [1.29, 1.82) is 0 Å². The molecule has 0 fully saturated rings. The highest BCUT2D eigenvalue weighted by Crippen LogP contribution is 2.19. The van der Waals surface area contributed by atoms with Crippen LogP contribution < -0.4 is 11.1 Å². The first-order valence-electron chi connectivity index (χ1n) is 6.66. The minimum Gasteiger partial charge on any atom is -0.329 e. The summed E-state index contributed by atoms with van der Waals surface area (Å²) in [5.74, 6) is 6.50. The van der Waals surface area contributed by atoms with E-state index in [1.54, 1.807) is 0 Å². The van der Waals surface area contributed by atoms with Crippen molar-refractivity contribution in [1.82, 2.24) is 5.32 Å². The average Bonchev–Trinajstić information content (AvgIpc) is 2.43. The zero-order valence-electron chi connectivity index (χ0n) is 11.4. The lowest BCUT2D eigenvalue weighted by Crippen LogP contribution is -2.37. The summed E-state index contributed by atoms with van der Waals surface area (Å²) in [4.78, 5) is 0. The van der Waals surface area contributed by atoms with Crippen molar-refractivity contribution in [2.45, 2.75) is 38.6 Å². The van der Waals surface area contributed by atoms with Gasteiger partial charge in [0.25, 0.3) is 0 Å². The molecule has 0 spiro atoms. The van der Waals surface area contributed by atoms with Crippen LogP contribution in [0.15, 0.2) is 30.3 Å². The molecule has 2 nitrogen and oxygen atoms in total. The Morgan fingerprint density at radius 1 is 1.28 bits per heavy atom. The van der Waals surface area contributed by atoms with Crippen LogP contribution in [0.4, 0.5) is 0 Å². The number of hydrogen-bond acceptors (Lipinski definition) is 2. The first kappa shape index (κ1) is 14.8. The number of rotatable bonds is 7. The van der Waals surface area contributed by atoms with Gasteiger partial charge in [-0.1, -0.05) is 37.3 Å². The van der Waals surface area contributed by atoms with E-state index in [4.69, 9.17) is 5.73 Å². The monoisotopic (exact) mass is 244 g/mol. The Bertz CT molecular complexity index is 375. The van der Waals surface area contributed by atoms with Crippen LogP contribution in [0.2, 0.25) is 0 Å². The van der Waals surface area contributed by atoms with E-state index < -0.39 is 0 Å². The van der Waals surface area contributed by atoms with E-state index in [1.165, 1.54) is 5.56 Å². The summed E-state index contributed by atoms with van der Waals surface area (Å²) in [7, 11) is 0. The Balaban J connectivity index is 2.39. The van der Waals surface area contributed by atoms with E-state index >= 15 is 0 Å². The molecule has 2 atom stereocenters. The Hall–Kier alpha value is -1.30. The molecule has 0 aliphatic heterocycles. The van der Waals surface area contributed by atoms with Gasteiger partial charge in [-0.05, 0) is 24.8 Å². The van der Waals surface area contributed by atoms with Gasteiger partial charge in [-0.15, -0.1) is 11.8 Å². The average molecular weight is 244 g/mol. The van der Waals surface area contributed by atoms with Gasteiger partial charge in [0.1, 0.15) is 0 Å². The number of benzene rings is 1. The maximum Gasteiger partial charge on any atom is 0.0214 e. The summed E-state index contributed by atoms with van der Waals surface area (Å²) >= 11 is 0. The lowest BCUT2D eigenvalue weighted by atomic mass is 9.94. The van der Waals surface area contributed by atoms with Gasteiger partial charge in [-0.3, -0.25) is 0 Å². The van der Waals surface area contributed by atoms with Gasteiger partial charge in [-0.2, -0.15) is 0 Å². The predicted molar refractivity (Wildman–Crippen MR) is 78.4 cm³/mol. The topological polar surface area (TPSA) is 38.0 Å². The third-order valence-corrected chi connectivity index (χ3v) is 3.15. The van der Waals surface area contributed by atoms with Crippen LogP contribution in [0.25, 0.3) is 0 Å². The van der Waals surface area contributed by atoms with Gasteiger partial charge in [0.2, 0.25) is 0 Å². The summed E-state index contributed by atoms with van der Waals surface area (Å²) in [5, 5.41) is 3.48. The quantitative estimate of drug-likeness (QED) is 0.571.